The first-order chi connectivity index (χ1) is 9.29. The van der Waals surface area contributed by atoms with Crippen LogP contribution in [0.15, 0.2) is 29.1 Å². The Labute approximate surface area is 111 Å². The Morgan fingerprint density at radius 1 is 1.32 bits per heavy atom. The van der Waals surface area contributed by atoms with Crippen LogP contribution in [0.1, 0.15) is 19.4 Å². The molecule has 0 fully saturated rings. The van der Waals surface area contributed by atoms with Gasteiger partial charge in [-0.15, -0.1) is 0 Å². The van der Waals surface area contributed by atoms with Gasteiger partial charge in [-0.25, -0.2) is 4.85 Å². The molecular formula is C14H14N4O. The van der Waals surface area contributed by atoms with Crippen molar-refractivity contribution in [2.45, 2.75) is 20.8 Å². The Morgan fingerprint density at radius 3 is 2.74 bits per heavy atom. The standard InChI is InChI=1S/C12H8N4O.C2H6/c1-7-3-9-11(4-10(7)13-2)15-16-12(9)8-5-14-17-6-8;1-2/h3-6H,1H3,(H,15,16);1-2H3. The number of hydrogen-bond donors (Lipinski definition) is 1. The van der Waals surface area contributed by atoms with Crippen LogP contribution >= 0.6 is 0 Å². The Kier molecular flexibility index (Phi) is 3.62. The Morgan fingerprint density at radius 2 is 2.11 bits per heavy atom. The number of hydrogen-bond acceptors (Lipinski definition) is 3. The molecule has 2 heterocycles. The Bertz CT molecular complexity index is 720. The van der Waals surface area contributed by atoms with Crippen LogP contribution in [0.3, 0.4) is 0 Å². The summed E-state index contributed by atoms with van der Waals surface area (Å²) in [5.74, 6) is 0. The highest BCUT2D eigenvalue weighted by molar-refractivity contribution is 5.95. The third kappa shape index (κ3) is 2.20. The highest BCUT2D eigenvalue weighted by atomic mass is 16.5. The molecule has 3 rings (SSSR count). The van der Waals surface area contributed by atoms with Crippen molar-refractivity contribution in [2.24, 2.45) is 0 Å². The van der Waals surface area contributed by atoms with Gasteiger partial charge in [-0.3, -0.25) is 5.10 Å². The van der Waals surface area contributed by atoms with Crippen molar-refractivity contribution >= 4 is 16.6 Å². The fourth-order valence-corrected chi connectivity index (χ4v) is 1.82. The van der Waals surface area contributed by atoms with Gasteiger partial charge in [0.1, 0.15) is 12.0 Å². The van der Waals surface area contributed by atoms with Gasteiger partial charge in [0.25, 0.3) is 0 Å². The van der Waals surface area contributed by atoms with E-state index in [-0.39, 0.29) is 0 Å². The summed E-state index contributed by atoms with van der Waals surface area (Å²) in [5, 5.41) is 11.8. The molecule has 0 bridgehead atoms. The smallest absolute Gasteiger partial charge is 0.192 e. The number of aromatic nitrogens is 3. The number of benzene rings is 1. The monoisotopic (exact) mass is 254 g/mol. The lowest BCUT2D eigenvalue weighted by Crippen LogP contribution is -1.76. The highest BCUT2D eigenvalue weighted by Crippen LogP contribution is 2.31. The average molecular weight is 254 g/mol. The summed E-state index contributed by atoms with van der Waals surface area (Å²) in [6.45, 7) is 13.0. The van der Waals surface area contributed by atoms with Gasteiger partial charge in [0.15, 0.2) is 5.69 Å². The van der Waals surface area contributed by atoms with Crippen LogP contribution in [-0.2, 0) is 0 Å². The van der Waals surface area contributed by atoms with Gasteiger partial charge in [0.2, 0.25) is 0 Å². The number of nitrogens with one attached hydrogen (secondary N) is 1. The van der Waals surface area contributed by atoms with Crippen LogP contribution in [0.25, 0.3) is 27.0 Å². The zero-order chi connectivity index (χ0) is 13.8. The molecule has 5 nitrogen and oxygen atoms in total. The first kappa shape index (κ1) is 12.8. The normalized spacial score (nSPS) is 9.79. The maximum absolute atomic E-state index is 7.07. The number of fused-ring (bicyclic) bond motifs is 1. The lowest BCUT2D eigenvalue weighted by molar-refractivity contribution is 0.420. The van der Waals surface area contributed by atoms with Crippen molar-refractivity contribution in [1.29, 1.82) is 0 Å². The highest BCUT2D eigenvalue weighted by Gasteiger charge is 2.11. The van der Waals surface area contributed by atoms with E-state index in [0.29, 0.717) is 5.69 Å². The van der Waals surface area contributed by atoms with Crippen molar-refractivity contribution in [3.63, 3.8) is 0 Å². The van der Waals surface area contributed by atoms with E-state index in [9.17, 15) is 0 Å². The maximum atomic E-state index is 7.07. The number of nitrogens with zero attached hydrogens (tertiary/aromatic N) is 3. The topological polar surface area (TPSA) is 59.1 Å². The largest absolute Gasteiger partial charge is 0.364 e. The number of aromatic amines is 1. The van der Waals surface area contributed by atoms with Gasteiger partial charge in [0, 0.05) is 5.39 Å². The summed E-state index contributed by atoms with van der Waals surface area (Å²) in [6, 6.07) is 3.76. The second-order valence-electron chi connectivity index (χ2n) is 3.78. The third-order valence-electron chi connectivity index (χ3n) is 2.71. The van der Waals surface area contributed by atoms with Crippen molar-refractivity contribution in [3.05, 3.63) is 41.6 Å². The first-order valence-electron chi connectivity index (χ1n) is 6.05. The van der Waals surface area contributed by atoms with E-state index in [4.69, 9.17) is 11.1 Å². The maximum Gasteiger partial charge on any atom is 0.192 e. The zero-order valence-electron chi connectivity index (χ0n) is 11.1. The first-order valence-corrected chi connectivity index (χ1v) is 6.05. The van der Waals surface area contributed by atoms with Gasteiger partial charge in [0.05, 0.1) is 23.8 Å². The third-order valence-corrected chi connectivity index (χ3v) is 2.71. The lowest BCUT2D eigenvalue weighted by atomic mass is 10.1. The molecule has 1 N–H and O–H groups in total. The molecule has 0 saturated heterocycles. The molecule has 1 aromatic carbocycles. The van der Waals surface area contributed by atoms with Crippen LogP contribution in [0.5, 0.6) is 0 Å². The molecule has 0 atom stereocenters. The molecule has 0 spiro atoms. The minimum atomic E-state index is 0.637. The molecule has 96 valence electrons. The van der Waals surface area contributed by atoms with Crippen molar-refractivity contribution in [2.75, 3.05) is 0 Å². The number of aryl methyl sites for hydroxylation is 1. The van der Waals surface area contributed by atoms with Crippen LogP contribution in [0.2, 0.25) is 0 Å². The summed E-state index contributed by atoms with van der Waals surface area (Å²) >= 11 is 0. The van der Waals surface area contributed by atoms with E-state index in [2.05, 4.69) is 20.2 Å². The van der Waals surface area contributed by atoms with Crippen molar-refractivity contribution in [1.82, 2.24) is 15.4 Å². The van der Waals surface area contributed by atoms with Gasteiger partial charge in [-0.2, -0.15) is 5.10 Å². The summed E-state index contributed by atoms with van der Waals surface area (Å²) in [5.41, 5.74) is 4.04. The summed E-state index contributed by atoms with van der Waals surface area (Å²) in [4.78, 5) is 3.46. The lowest BCUT2D eigenvalue weighted by Gasteiger charge is -1.98. The molecule has 0 radical (unpaired) electrons. The molecule has 5 heteroatoms. The molecule has 0 unspecified atom stereocenters. The molecule has 0 amide bonds. The van der Waals surface area contributed by atoms with E-state index in [1.807, 2.05) is 32.9 Å². The molecule has 2 aromatic heterocycles. The van der Waals surface area contributed by atoms with Crippen molar-refractivity contribution < 1.29 is 4.52 Å². The van der Waals surface area contributed by atoms with Crippen LogP contribution in [-0.4, -0.2) is 15.4 Å². The summed E-state index contributed by atoms with van der Waals surface area (Å²) < 4.78 is 4.81. The van der Waals surface area contributed by atoms with Gasteiger partial charge >= 0.3 is 0 Å². The van der Waals surface area contributed by atoms with E-state index >= 15 is 0 Å². The Hall–Kier alpha value is -2.61. The number of rotatable bonds is 1. The Balaban J connectivity index is 0.000000637. The van der Waals surface area contributed by atoms with Gasteiger partial charge in [-0.05, 0) is 18.6 Å². The van der Waals surface area contributed by atoms with E-state index in [0.717, 1.165) is 27.7 Å². The second kappa shape index (κ2) is 5.36. The summed E-state index contributed by atoms with van der Waals surface area (Å²) in [6.07, 6.45) is 3.17. The van der Waals surface area contributed by atoms with E-state index < -0.39 is 0 Å². The predicted molar refractivity (Wildman–Crippen MR) is 73.9 cm³/mol. The fraction of sp³-hybridized carbons (Fsp3) is 0.214. The predicted octanol–water partition coefficient (Wildman–Crippen LogP) is 4.10. The fourth-order valence-electron chi connectivity index (χ4n) is 1.82. The molecule has 0 aliphatic rings. The van der Waals surface area contributed by atoms with Crippen LogP contribution < -0.4 is 0 Å². The quantitative estimate of drug-likeness (QED) is 0.665. The molecule has 0 aliphatic heterocycles. The molecule has 19 heavy (non-hydrogen) atoms. The van der Waals surface area contributed by atoms with Crippen LogP contribution in [0.4, 0.5) is 5.69 Å². The molecule has 3 aromatic rings. The van der Waals surface area contributed by atoms with Crippen LogP contribution in [0, 0.1) is 13.5 Å². The van der Waals surface area contributed by atoms with Crippen molar-refractivity contribution in [3.8, 4) is 11.3 Å². The average Bonchev–Trinajstić information content (AvgIpc) is 3.08. The molecule has 0 saturated carbocycles. The minimum Gasteiger partial charge on any atom is -0.364 e. The second-order valence-corrected chi connectivity index (χ2v) is 3.78. The summed E-state index contributed by atoms with van der Waals surface area (Å²) in [7, 11) is 0. The minimum absolute atomic E-state index is 0.637. The SMILES string of the molecule is CC.[C-]#[N+]c1cc2[nH]nc(-c3cnoc3)c2cc1C. The molecular weight excluding hydrogens is 240 g/mol. The van der Waals surface area contributed by atoms with Gasteiger partial charge in [-0.1, -0.05) is 25.1 Å². The molecule has 0 aliphatic carbocycles. The number of H-pyrrole nitrogens is 1. The zero-order valence-corrected chi connectivity index (χ0v) is 11.1. The van der Waals surface area contributed by atoms with E-state index in [1.54, 1.807) is 12.5 Å². The van der Waals surface area contributed by atoms with E-state index in [1.165, 1.54) is 0 Å². The van der Waals surface area contributed by atoms with Gasteiger partial charge < -0.3 is 4.52 Å².